The van der Waals surface area contributed by atoms with E-state index < -0.39 is 9.84 Å². The van der Waals surface area contributed by atoms with Gasteiger partial charge in [-0.1, -0.05) is 6.07 Å². The molecule has 1 atom stereocenters. The van der Waals surface area contributed by atoms with Gasteiger partial charge in [0, 0.05) is 30.8 Å². The Kier molecular flexibility index (Phi) is 4.01. The van der Waals surface area contributed by atoms with Crippen LogP contribution in [-0.4, -0.2) is 50.1 Å². The van der Waals surface area contributed by atoms with Crippen LogP contribution >= 0.6 is 0 Å². The fourth-order valence-corrected chi connectivity index (χ4v) is 3.54. The van der Waals surface area contributed by atoms with Gasteiger partial charge in [0.05, 0.1) is 18.6 Å². The first-order chi connectivity index (χ1) is 8.93. The minimum Gasteiger partial charge on any atom is -0.507 e. The smallest absolute Gasteiger partial charge is 0.152 e. The summed E-state index contributed by atoms with van der Waals surface area (Å²) < 4.78 is 27.9. The molecule has 0 aliphatic carbocycles. The highest BCUT2D eigenvalue weighted by Crippen LogP contribution is 2.32. The second-order valence-electron chi connectivity index (χ2n) is 4.79. The molecule has 2 rings (SSSR count). The van der Waals surface area contributed by atoms with Crippen LogP contribution in [0.4, 0.5) is 0 Å². The van der Waals surface area contributed by atoms with Crippen molar-refractivity contribution >= 4 is 9.84 Å². The number of aromatic hydroxyl groups is 1. The SMILES string of the molecule is COc1ccc(C(C)N2CCS(=O)(=O)CC2)c(O)c1. The van der Waals surface area contributed by atoms with Crippen LogP contribution in [0.1, 0.15) is 18.5 Å². The largest absolute Gasteiger partial charge is 0.507 e. The molecule has 1 unspecified atom stereocenters. The van der Waals surface area contributed by atoms with E-state index in [9.17, 15) is 13.5 Å². The van der Waals surface area contributed by atoms with Gasteiger partial charge in [0.15, 0.2) is 9.84 Å². The Morgan fingerprint density at radius 1 is 1.32 bits per heavy atom. The van der Waals surface area contributed by atoms with E-state index in [1.54, 1.807) is 19.2 Å². The van der Waals surface area contributed by atoms with Crippen LogP contribution in [-0.2, 0) is 9.84 Å². The van der Waals surface area contributed by atoms with Crippen molar-refractivity contribution in [3.63, 3.8) is 0 Å². The number of rotatable bonds is 3. The molecule has 1 N–H and O–H groups in total. The Morgan fingerprint density at radius 2 is 1.95 bits per heavy atom. The molecule has 5 nitrogen and oxygen atoms in total. The van der Waals surface area contributed by atoms with Crippen LogP contribution in [0.15, 0.2) is 18.2 Å². The van der Waals surface area contributed by atoms with Gasteiger partial charge >= 0.3 is 0 Å². The lowest BCUT2D eigenvalue weighted by Crippen LogP contribution is -2.41. The molecule has 0 aromatic heterocycles. The lowest BCUT2D eigenvalue weighted by Gasteiger charge is -2.32. The molecule has 1 aromatic rings. The van der Waals surface area contributed by atoms with E-state index in [-0.39, 0.29) is 23.3 Å². The molecule has 1 fully saturated rings. The van der Waals surface area contributed by atoms with Gasteiger partial charge in [0.1, 0.15) is 11.5 Å². The molecule has 19 heavy (non-hydrogen) atoms. The van der Waals surface area contributed by atoms with Crippen molar-refractivity contribution in [1.82, 2.24) is 4.90 Å². The predicted octanol–water partition coefficient (Wildman–Crippen LogP) is 1.19. The summed E-state index contributed by atoms with van der Waals surface area (Å²) in [4.78, 5) is 2.07. The third-order valence-electron chi connectivity index (χ3n) is 3.61. The summed E-state index contributed by atoms with van der Waals surface area (Å²) >= 11 is 0. The first-order valence-electron chi connectivity index (χ1n) is 6.24. The Morgan fingerprint density at radius 3 is 2.47 bits per heavy atom. The summed E-state index contributed by atoms with van der Waals surface area (Å²) in [5.74, 6) is 1.16. The van der Waals surface area contributed by atoms with Crippen molar-refractivity contribution in [3.8, 4) is 11.5 Å². The second-order valence-corrected chi connectivity index (χ2v) is 7.09. The van der Waals surface area contributed by atoms with E-state index in [0.717, 1.165) is 5.56 Å². The lowest BCUT2D eigenvalue weighted by molar-refractivity contribution is 0.224. The summed E-state index contributed by atoms with van der Waals surface area (Å²) in [6, 6.07) is 5.18. The molecular weight excluding hydrogens is 266 g/mol. The average molecular weight is 285 g/mol. The highest BCUT2D eigenvalue weighted by Gasteiger charge is 2.26. The van der Waals surface area contributed by atoms with Gasteiger partial charge in [-0.15, -0.1) is 0 Å². The number of sulfone groups is 1. The van der Waals surface area contributed by atoms with Gasteiger partial charge in [-0.25, -0.2) is 8.42 Å². The first kappa shape index (κ1) is 14.1. The topological polar surface area (TPSA) is 66.8 Å². The van der Waals surface area contributed by atoms with Crippen molar-refractivity contribution in [2.75, 3.05) is 31.7 Å². The second kappa shape index (κ2) is 5.38. The standard InChI is InChI=1S/C13H19NO4S/c1-10(14-5-7-19(16,17)8-6-14)12-4-3-11(18-2)9-13(12)15/h3-4,9-10,15H,5-8H2,1-2H3. The van der Waals surface area contributed by atoms with Crippen molar-refractivity contribution in [2.45, 2.75) is 13.0 Å². The van der Waals surface area contributed by atoms with E-state index in [1.165, 1.54) is 0 Å². The molecule has 6 heteroatoms. The maximum atomic E-state index is 11.4. The minimum absolute atomic E-state index is 0.0126. The molecule has 1 aliphatic rings. The van der Waals surface area contributed by atoms with Crippen LogP contribution in [0.25, 0.3) is 0 Å². The van der Waals surface area contributed by atoms with E-state index >= 15 is 0 Å². The molecule has 1 heterocycles. The molecule has 106 valence electrons. The van der Waals surface area contributed by atoms with Crippen LogP contribution in [0.2, 0.25) is 0 Å². The summed E-state index contributed by atoms with van der Waals surface area (Å²) in [6.45, 7) is 2.99. The average Bonchev–Trinajstić information content (AvgIpc) is 2.37. The zero-order valence-corrected chi connectivity index (χ0v) is 12.0. The fourth-order valence-electron chi connectivity index (χ4n) is 2.31. The number of methoxy groups -OCH3 is 1. The van der Waals surface area contributed by atoms with Gasteiger partial charge < -0.3 is 9.84 Å². The fraction of sp³-hybridized carbons (Fsp3) is 0.538. The Bertz CT molecular complexity index is 542. The minimum atomic E-state index is -2.88. The van der Waals surface area contributed by atoms with Crippen molar-refractivity contribution < 1.29 is 18.3 Å². The molecule has 0 radical (unpaired) electrons. The molecule has 0 spiro atoms. The van der Waals surface area contributed by atoms with Crippen molar-refractivity contribution in [2.24, 2.45) is 0 Å². The number of benzene rings is 1. The van der Waals surface area contributed by atoms with Crippen molar-refractivity contribution in [3.05, 3.63) is 23.8 Å². The van der Waals surface area contributed by atoms with Crippen molar-refractivity contribution in [1.29, 1.82) is 0 Å². The number of phenolic OH excluding ortho intramolecular Hbond substituents is 1. The van der Waals surface area contributed by atoms with Crippen LogP contribution < -0.4 is 4.74 Å². The molecule has 1 saturated heterocycles. The molecular formula is C13H19NO4S. The summed E-state index contributed by atoms with van der Waals surface area (Å²) in [5, 5.41) is 10.0. The quantitative estimate of drug-likeness (QED) is 0.903. The third-order valence-corrected chi connectivity index (χ3v) is 5.22. The Labute approximate surface area is 113 Å². The van der Waals surface area contributed by atoms with Crippen LogP contribution in [0, 0.1) is 0 Å². The summed E-state index contributed by atoms with van der Waals surface area (Å²) in [7, 11) is -1.33. The Hall–Kier alpha value is -1.27. The molecule has 1 aliphatic heterocycles. The number of nitrogens with zero attached hydrogens (tertiary/aromatic N) is 1. The maximum absolute atomic E-state index is 11.4. The zero-order chi connectivity index (χ0) is 14.0. The summed E-state index contributed by atoms with van der Waals surface area (Å²) in [6.07, 6.45) is 0. The van der Waals surface area contributed by atoms with Gasteiger partial charge in [0.2, 0.25) is 0 Å². The normalized spacial score (nSPS) is 20.9. The number of hydrogen-bond donors (Lipinski definition) is 1. The highest BCUT2D eigenvalue weighted by atomic mass is 32.2. The van der Waals surface area contributed by atoms with Crippen LogP contribution in [0.3, 0.4) is 0 Å². The lowest BCUT2D eigenvalue weighted by atomic mass is 10.1. The number of ether oxygens (including phenoxy) is 1. The maximum Gasteiger partial charge on any atom is 0.152 e. The van der Waals surface area contributed by atoms with E-state index in [4.69, 9.17) is 4.74 Å². The third kappa shape index (κ3) is 3.19. The highest BCUT2D eigenvalue weighted by molar-refractivity contribution is 7.91. The van der Waals surface area contributed by atoms with Gasteiger partial charge in [-0.2, -0.15) is 0 Å². The number of hydrogen-bond acceptors (Lipinski definition) is 5. The first-order valence-corrected chi connectivity index (χ1v) is 8.06. The predicted molar refractivity (Wildman–Crippen MR) is 73.3 cm³/mol. The van der Waals surface area contributed by atoms with E-state index in [1.807, 2.05) is 13.0 Å². The van der Waals surface area contributed by atoms with Crippen LogP contribution in [0.5, 0.6) is 11.5 Å². The monoisotopic (exact) mass is 285 g/mol. The van der Waals surface area contributed by atoms with Gasteiger partial charge in [0.25, 0.3) is 0 Å². The molecule has 1 aromatic carbocycles. The van der Waals surface area contributed by atoms with Gasteiger partial charge in [-0.3, -0.25) is 4.90 Å². The molecule has 0 amide bonds. The molecule has 0 bridgehead atoms. The number of phenols is 1. The summed E-state index contributed by atoms with van der Waals surface area (Å²) in [5.41, 5.74) is 0.792. The zero-order valence-electron chi connectivity index (χ0n) is 11.2. The van der Waals surface area contributed by atoms with Gasteiger partial charge in [-0.05, 0) is 13.0 Å². The Balaban J connectivity index is 2.14. The molecule has 0 saturated carbocycles. The van der Waals surface area contributed by atoms with E-state index in [2.05, 4.69) is 4.90 Å². The van der Waals surface area contributed by atoms with E-state index in [0.29, 0.717) is 18.8 Å².